The van der Waals surface area contributed by atoms with Crippen LogP contribution in [-0.4, -0.2) is 7.11 Å². The Morgan fingerprint density at radius 3 is 2.40 bits per heavy atom. The molecule has 15 heavy (non-hydrogen) atoms. The first-order valence-electron chi connectivity index (χ1n) is 3.95. The van der Waals surface area contributed by atoms with Gasteiger partial charge in [-0.05, 0) is 12.1 Å². The predicted molar refractivity (Wildman–Crippen MR) is 53.0 cm³/mol. The van der Waals surface area contributed by atoms with Crippen molar-refractivity contribution in [2.45, 2.75) is 13.0 Å². The Bertz CT molecular complexity index is 333. The number of halogens is 4. The average Bonchev–Trinajstić information content (AvgIpc) is 2.17. The molecule has 0 atom stereocenters. The van der Waals surface area contributed by atoms with Crippen molar-refractivity contribution in [2.75, 3.05) is 7.11 Å². The van der Waals surface area contributed by atoms with Crippen LogP contribution in [0.3, 0.4) is 0 Å². The monoisotopic (exact) mass is 241 g/mol. The van der Waals surface area contributed by atoms with Gasteiger partial charge in [0.2, 0.25) is 0 Å². The van der Waals surface area contributed by atoms with E-state index >= 15 is 0 Å². The first kappa shape index (κ1) is 14.1. The van der Waals surface area contributed by atoms with Crippen molar-refractivity contribution >= 4 is 12.4 Å². The molecule has 0 amide bonds. The van der Waals surface area contributed by atoms with Crippen LogP contribution in [0.25, 0.3) is 0 Å². The zero-order valence-corrected chi connectivity index (χ0v) is 8.78. The van der Waals surface area contributed by atoms with Crippen LogP contribution in [0.5, 0.6) is 5.75 Å². The number of hydrogen-bond donors (Lipinski definition) is 1. The molecule has 6 heteroatoms. The van der Waals surface area contributed by atoms with E-state index in [-0.39, 0.29) is 30.3 Å². The van der Waals surface area contributed by atoms with Gasteiger partial charge in [0.1, 0.15) is 11.6 Å². The van der Waals surface area contributed by atoms with Gasteiger partial charge in [-0.15, -0.1) is 12.4 Å². The van der Waals surface area contributed by atoms with Crippen molar-refractivity contribution in [3.8, 4) is 5.75 Å². The maximum absolute atomic E-state index is 13.1. The molecule has 1 aromatic carbocycles. The van der Waals surface area contributed by atoms with Crippen molar-refractivity contribution < 1.29 is 17.9 Å². The molecule has 0 saturated carbocycles. The summed E-state index contributed by atoms with van der Waals surface area (Å²) in [6, 6.07) is 2.23. The van der Waals surface area contributed by atoms with E-state index in [1.165, 1.54) is 7.11 Å². The molecule has 0 aromatic heterocycles. The fourth-order valence-corrected chi connectivity index (χ4v) is 1.24. The Morgan fingerprint density at radius 2 is 2.00 bits per heavy atom. The fraction of sp³-hybridized carbons (Fsp3) is 0.333. The van der Waals surface area contributed by atoms with Crippen LogP contribution in [0.4, 0.5) is 13.2 Å². The molecule has 0 aliphatic carbocycles. The number of ether oxygens (including phenoxy) is 1. The number of nitrogens with two attached hydrogens (primary N) is 1. The predicted octanol–water partition coefficient (Wildman–Crippen LogP) is 2.65. The molecule has 2 nitrogen and oxygen atoms in total. The highest BCUT2D eigenvalue weighted by molar-refractivity contribution is 5.85. The summed E-state index contributed by atoms with van der Waals surface area (Å²) in [5.74, 6) is -0.773. The van der Waals surface area contributed by atoms with Gasteiger partial charge in [-0.2, -0.15) is 0 Å². The highest BCUT2D eigenvalue weighted by Gasteiger charge is 2.20. The molecule has 0 unspecified atom stereocenters. The second-order valence-electron chi connectivity index (χ2n) is 2.65. The molecule has 0 saturated heterocycles. The quantitative estimate of drug-likeness (QED) is 0.883. The molecule has 0 fully saturated rings. The molecule has 0 bridgehead atoms. The molecule has 2 N–H and O–H groups in total. The van der Waals surface area contributed by atoms with E-state index in [1.807, 2.05) is 0 Å². The van der Waals surface area contributed by atoms with Gasteiger partial charge in [-0.25, -0.2) is 13.2 Å². The van der Waals surface area contributed by atoms with Crippen LogP contribution in [0.1, 0.15) is 17.6 Å². The summed E-state index contributed by atoms with van der Waals surface area (Å²) in [6.07, 6.45) is -2.79. The Kier molecular flexibility index (Phi) is 5.46. The summed E-state index contributed by atoms with van der Waals surface area (Å²) >= 11 is 0. The van der Waals surface area contributed by atoms with Gasteiger partial charge in [-0.1, -0.05) is 0 Å². The number of hydrogen-bond acceptors (Lipinski definition) is 2. The fourth-order valence-electron chi connectivity index (χ4n) is 1.24. The topological polar surface area (TPSA) is 35.2 Å². The molecule has 0 radical (unpaired) electrons. The van der Waals surface area contributed by atoms with Gasteiger partial charge in [0, 0.05) is 12.1 Å². The van der Waals surface area contributed by atoms with Crippen LogP contribution in [0.15, 0.2) is 12.1 Å². The van der Waals surface area contributed by atoms with Gasteiger partial charge in [0.15, 0.2) is 0 Å². The lowest BCUT2D eigenvalue weighted by Gasteiger charge is -2.12. The molecular formula is C9H11ClF3NO. The van der Waals surface area contributed by atoms with Crippen molar-refractivity contribution in [3.05, 3.63) is 29.1 Å². The van der Waals surface area contributed by atoms with E-state index < -0.39 is 17.8 Å². The minimum Gasteiger partial charge on any atom is -0.496 e. The number of rotatable bonds is 3. The van der Waals surface area contributed by atoms with E-state index in [2.05, 4.69) is 0 Å². The average molecular weight is 242 g/mol. The highest BCUT2D eigenvalue weighted by atomic mass is 35.5. The van der Waals surface area contributed by atoms with Gasteiger partial charge in [0.05, 0.1) is 12.7 Å². The molecule has 0 aliphatic rings. The standard InChI is InChI=1S/C9H10F3NO.ClH/c1-14-7-3-2-6(10)5(4-13)8(7)9(11)12;/h2-3,9H,4,13H2,1H3;1H. The van der Waals surface area contributed by atoms with E-state index in [4.69, 9.17) is 10.5 Å². The molecule has 0 heterocycles. The van der Waals surface area contributed by atoms with Gasteiger partial charge >= 0.3 is 0 Å². The molecular weight excluding hydrogens is 231 g/mol. The Labute approximate surface area is 91.6 Å². The summed E-state index contributed by atoms with van der Waals surface area (Å²) in [6.45, 7) is -0.275. The molecule has 1 aromatic rings. The summed E-state index contributed by atoms with van der Waals surface area (Å²) in [4.78, 5) is 0. The minimum absolute atomic E-state index is 0. The lowest BCUT2D eigenvalue weighted by molar-refractivity contribution is 0.145. The van der Waals surface area contributed by atoms with E-state index in [0.29, 0.717) is 0 Å². The Balaban J connectivity index is 0.00000196. The molecule has 1 rings (SSSR count). The second-order valence-corrected chi connectivity index (χ2v) is 2.65. The third-order valence-electron chi connectivity index (χ3n) is 1.90. The van der Waals surface area contributed by atoms with Crippen LogP contribution in [0, 0.1) is 5.82 Å². The number of alkyl halides is 2. The van der Waals surface area contributed by atoms with Crippen molar-refractivity contribution in [1.82, 2.24) is 0 Å². The third kappa shape index (κ3) is 2.76. The van der Waals surface area contributed by atoms with E-state index in [1.54, 1.807) is 0 Å². The highest BCUT2D eigenvalue weighted by Crippen LogP contribution is 2.33. The number of methoxy groups -OCH3 is 1. The van der Waals surface area contributed by atoms with E-state index in [0.717, 1.165) is 12.1 Å². The van der Waals surface area contributed by atoms with Gasteiger partial charge in [0.25, 0.3) is 6.43 Å². The lowest BCUT2D eigenvalue weighted by atomic mass is 10.1. The van der Waals surface area contributed by atoms with Crippen molar-refractivity contribution in [2.24, 2.45) is 5.73 Å². The largest absolute Gasteiger partial charge is 0.496 e. The number of benzene rings is 1. The lowest BCUT2D eigenvalue weighted by Crippen LogP contribution is -2.07. The van der Waals surface area contributed by atoms with Crippen LogP contribution < -0.4 is 10.5 Å². The molecule has 86 valence electrons. The summed E-state index contributed by atoms with van der Waals surface area (Å²) in [5.41, 5.74) is 4.53. The summed E-state index contributed by atoms with van der Waals surface area (Å²) in [7, 11) is 1.25. The van der Waals surface area contributed by atoms with E-state index in [9.17, 15) is 13.2 Å². The first-order chi connectivity index (χ1) is 6.61. The van der Waals surface area contributed by atoms with Crippen molar-refractivity contribution in [1.29, 1.82) is 0 Å². The van der Waals surface area contributed by atoms with Gasteiger partial charge < -0.3 is 10.5 Å². The SMILES string of the molecule is COc1ccc(F)c(CN)c1C(F)F.Cl. The van der Waals surface area contributed by atoms with Crippen LogP contribution in [0.2, 0.25) is 0 Å². The normalized spacial score (nSPS) is 10.0. The van der Waals surface area contributed by atoms with Crippen LogP contribution in [-0.2, 0) is 6.54 Å². The van der Waals surface area contributed by atoms with Crippen molar-refractivity contribution in [3.63, 3.8) is 0 Å². The zero-order valence-electron chi connectivity index (χ0n) is 7.97. The smallest absolute Gasteiger partial charge is 0.267 e. The van der Waals surface area contributed by atoms with Crippen LogP contribution >= 0.6 is 12.4 Å². The first-order valence-corrected chi connectivity index (χ1v) is 3.95. The summed E-state index contributed by atoms with van der Waals surface area (Å²) in [5, 5.41) is 0. The maximum atomic E-state index is 13.1. The zero-order chi connectivity index (χ0) is 10.7. The summed E-state index contributed by atoms with van der Waals surface area (Å²) < 4.78 is 42.8. The molecule has 0 spiro atoms. The maximum Gasteiger partial charge on any atom is 0.267 e. The molecule has 0 aliphatic heterocycles. The Morgan fingerprint density at radius 1 is 1.40 bits per heavy atom. The minimum atomic E-state index is -2.79. The third-order valence-corrected chi connectivity index (χ3v) is 1.90. The second kappa shape index (κ2) is 5.82. The van der Waals surface area contributed by atoms with Gasteiger partial charge in [-0.3, -0.25) is 0 Å². The Hall–Kier alpha value is -0.940.